The summed E-state index contributed by atoms with van der Waals surface area (Å²) in [5.74, 6) is -1.08. The minimum atomic E-state index is -0.941. The average Bonchev–Trinajstić information content (AvgIpc) is 2.55. The number of hydrogen-bond acceptors (Lipinski definition) is 3. The molecule has 1 N–H and O–H groups in total. The molecule has 4 nitrogen and oxygen atoms in total. The molecular weight excluding hydrogens is 349 g/mol. The first kappa shape index (κ1) is 18.0. The van der Waals surface area contributed by atoms with Gasteiger partial charge in [0.1, 0.15) is 0 Å². The van der Waals surface area contributed by atoms with E-state index in [-0.39, 0.29) is 0 Å². The van der Waals surface area contributed by atoms with E-state index >= 15 is 0 Å². The highest BCUT2D eigenvalue weighted by atomic mass is 35.5. The highest BCUT2D eigenvalue weighted by molar-refractivity contribution is 6.37. The summed E-state index contributed by atoms with van der Waals surface area (Å²) in [5.41, 5.74) is 1.14. The fraction of sp³-hybridized carbons (Fsp3) is 0.111. The number of carbonyl (C=O) groups excluding carboxylic acids is 2. The molecular formula is C18H15Cl2NO3. The van der Waals surface area contributed by atoms with Crippen LogP contribution < -0.4 is 5.32 Å². The number of halogens is 2. The van der Waals surface area contributed by atoms with Gasteiger partial charge in [-0.05, 0) is 37.3 Å². The van der Waals surface area contributed by atoms with Crippen molar-refractivity contribution in [3.05, 3.63) is 70.2 Å². The Morgan fingerprint density at radius 3 is 2.29 bits per heavy atom. The Bertz CT molecular complexity index is 740. The first-order valence-corrected chi connectivity index (χ1v) is 7.91. The van der Waals surface area contributed by atoms with E-state index in [0.717, 1.165) is 0 Å². The average molecular weight is 364 g/mol. The van der Waals surface area contributed by atoms with Gasteiger partial charge in [-0.25, -0.2) is 4.79 Å². The zero-order chi connectivity index (χ0) is 17.5. The van der Waals surface area contributed by atoms with Crippen LogP contribution in [0, 0.1) is 0 Å². The van der Waals surface area contributed by atoms with Gasteiger partial charge in [-0.15, -0.1) is 0 Å². The second-order valence-corrected chi connectivity index (χ2v) is 5.72. The number of hydrogen-bond donors (Lipinski definition) is 1. The molecule has 0 aliphatic rings. The van der Waals surface area contributed by atoms with Crippen molar-refractivity contribution in [1.82, 2.24) is 0 Å². The standard InChI is InChI=1S/C18H15Cl2NO3/c1-12(18(23)21-13-6-3-2-4-7-13)24-17(22)11-10-14-15(19)8-5-9-16(14)20/h2-12H,1H3,(H,21,23)/b11-10+/t12-/m1/s1. The molecule has 2 aromatic rings. The van der Waals surface area contributed by atoms with Crippen LogP contribution in [0.25, 0.3) is 6.08 Å². The van der Waals surface area contributed by atoms with Gasteiger partial charge in [-0.3, -0.25) is 4.79 Å². The first-order valence-electron chi connectivity index (χ1n) is 7.16. The Morgan fingerprint density at radius 1 is 1.04 bits per heavy atom. The number of carbonyl (C=O) groups is 2. The van der Waals surface area contributed by atoms with Crippen molar-refractivity contribution in [2.75, 3.05) is 5.32 Å². The van der Waals surface area contributed by atoms with Gasteiger partial charge in [0.15, 0.2) is 6.10 Å². The predicted molar refractivity (Wildman–Crippen MR) is 96.1 cm³/mol. The Hall–Kier alpha value is -2.30. The summed E-state index contributed by atoms with van der Waals surface area (Å²) < 4.78 is 5.06. The number of amides is 1. The number of rotatable bonds is 5. The van der Waals surface area contributed by atoms with Crippen molar-refractivity contribution < 1.29 is 14.3 Å². The molecule has 0 aromatic heterocycles. The largest absolute Gasteiger partial charge is 0.449 e. The van der Waals surface area contributed by atoms with Crippen LogP contribution in [0.2, 0.25) is 10.0 Å². The minimum Gasteiger partial charge on any atom is -0.449 e. The second kappa shape index (κ2) is 8.52. The van der Waals surface area contributed by atoms with E-state index in [2.05, 4.69) is 5.32 Å². The smallest absolute Gasteiger partial charge is 0.331 e. The van der Waals surface area contributed by atoms with Crippen LogP contribution in [0.5, 0.6) is 0 Å². The molecule has 0 saturated heterocycles. The van der Waals surface area contributed by atoms with Gasteiger partial charge in [0.2, 0.25) is 0 Å². The summed E-state index contributed by atoms with van der Waals surface area (Å²) in [6.45, 7) is 1.49. The maximum Gasteiger partial charge on any atom is 0.331 e. The van der Waals surface area contributed by atoms with Gasteiger partial charge < -0.3 is 10.1 Å². The summed E-state index contributed by atoms with van der Waals surface area (Å²) in [6, 6.07) is 13.9. The van der Waals surface area contributed by atoms with Gasteiger partial charge in [0.25, 0.3) is 5.91 Å². The highest BCUT2D eigenvalue weighted by Gasteiger charge is 2.16. The predicted octanol–water partition coefficient (Wildman–Crippen LogP) is 4.58. The summed E-state index contributed by atoms with van der Waals surface area (Å²) in [5, 5.41) is 3.49. The molecule has 1 atom stereocenters. The second-order valence-electron chi connectivity index (χ2n) is 4.90. The molecule has 0 unspecified atom stereocenters. The molecule has 0 fully saturated rings. The van der Waals surface area contributed by atoms with Gasteiger partial charge >= 0.3 is 5.97 Å². The van der Waals surface area contributed by atoms with Crippen molar-refractivity contribution in [2.45, 2.75) is 13.0 Å². The molecule has 2 aromatic carbocycles. The van der Waals surface area contributed by atoms with Crippen LogP contribution in [0.1, 0.15) is 12.5 Å². The lowest BCUT2D eigenvalue weighted by molar-refractivity contribution is -0.148. The van der Waals surface area contributed by atoms with Crippen LogP contribution in [-0.2, 0) is 14.3 Å². The van der Waals surface area contributed by atoms with E-state index in [1.807, 2.05) is 6.07 Å². The third-order valence-electron chi connectivity index (χ3n) is 3.09. The third-order valence-corrected chi connectivity index (χ3v) is 3.75. The highest BCUT2D eigenvalue weighted by Crippen LogP contribution is 2.25. The van der Waals surface area contributed by atoms with E-state index in [1.54, 1.807) is 42.5 Å². The molecule has 0 saturated carbocycles. The molecule has 2 rings (SSSR count). The van der Waals surface area contributed by atoms with Crippen LogP contribution >= 0.6 is 23.2 Å². The first-order chi connectivity index (χ1) is 11.5. The maximum atomic E-state index is 12.0. The fourth-order valence-corrected chi connectivity index (χ4v) is 2.38. The molecule has 0 bridgehead atoms. The van der Waals surface area contributed by atoms with Gasteiger partial charge in [-0.2, -0.15) is 0 Å². The Labute approximate surface area is 150 Å². The van der Waals surface area contributed by atoms with Crippen molar-refractivity contribution in [3.63, 3.8) is 0 Å². The van der Waals surface area contributed by atoms with Gasteiger partial charge in [-0.1, -0.05) is 47.5 Å². The van der Waals surface area contributed by atoms with Gasteiger partial charge in [0, 0.05) is 27.4 Å². The van der Waals surface area contributed by atoms with E-state index in [0.29, 0.717) is 21.3 Å². The Kier molecular flexibility index (Phi) is 6.41. The molecule has 0 aliphatic heterocycles. The van der Waals surface area contributed by atoms with Crippen LogP contribution in [0.15, 0.2) is 54.6 Å². The molecule has 0 aliphatic carbocycles. The zero-order valence-electron chi connectivity index (χ0n) is 12.8. The van der Waals surface area contributed by atoms with Crippen LogP contribution in [0.4, 0.5) is 5.69 Å². The minimum absolute atomic E-state index is 0.418. The Morgan fingerprint density at radius 2 is 1.67 bits per heavy atom. The number of esters is 1. The molecule has 0 radical (unpaired) electrons. The summed E-state index contributed by atoms with van der Waals surface area (Å²) in [4.78, 5) is 23.8. The fourth-order valence-electron chi connectivity index (χ4n) is 1.85. The molecule has 1 amide bonds. The number of ether oxygens (including phenoxy) is 1. The van der Waals surface area contributed by atoms with Gasteiger partial charge in [0.05, 0.1) is 0 Å². The van der Waals surface area contributed by atoms with Crippen LogP contribution in [-0.4, -0.2) is 18.0 Å². The summed E-state index contributed by atoms with van der Waals surface area (Å²) in [6.07, 6.45) is 1.69. The topological polar surface area (TPSA) is 55.4 Å². The van der Waals surface area contributed by atoms with Crippen molar-refractivity contribution in [3.8, 4) is 0 Å². The number of nitrogens with one attached hydrogen (secondary N) is 1. The number of anilines is 1. The zero-order valence-corrected chi connectivity index (χ0v) is 14.3. The lowest BCUT2D eigenvalue weighted by Crippen LogP contribution is -2.29. The molecule has 124 valence electrons. The number of benzene rings is 2. The van der Waals surface area contributed by atoms with E-state index in [4.69, 9.17) is 27.9 Å². The van der Waals surface area contributed by atoms with E-state index in [9.17, 15) is 9.59 Å². The van der Waals surface area contributed by atoms with E-state index < -0.39 is 18.0 Å². The van der Waals surface area contributed by atoms with Crippen molar-refractivity contribution in [2.24, 2.45) is 0 Å². The van der Waals surface area contributed by atoms with E-state index in [1.165, 1.54) is 19.1 Å². The summed E-state index contributed by atoms with van der Waals surface area (Å²) >= 11 is 12.0. The summed E-state index contributed by atoms with van der Waals surface area (Å²) in [7, 11) is 0. The normalized spacial score (nSPS) is 12.0. The molecule has 6 heteroatoms. The van der Waals surface area contributed by atoms with Crippen LogP contribution in [0.3, 0.4) is 0 Å². The quantitative estimate of drug-likeness (QED) is 0.624. The maximum absolute atomic E-state index is 12.0. The molecule has 0 heterocycles. The lowest BCUT2D eigenvalue weighted by atomic mass is 10.2. The third kappa shape index (κ3) is 5.11. The van der Waals surface area contributed by atoms with Crippen molar-refractivity contribution in [1.29, 1.82) is 0 Å². The molecule has 0 spiro atoms. The van der Waals surface area contributed by atoms with Crippen molar-refractivity contribution >= 4 is 46.8 Å². The Balaban J connectivity index is 1.94. The monoisotopic (exact) mass is 363 g/mol. The SMILES string of the molecule is C[C@@H](OC(=O)/C=C/c1c(Cl)cccc1Cl)C(=O)Nc1ccccc1. The number of para-hydroxylation sites is 1. The lowest BCUT2D eigenvalue weighted by Gasteiger charge is -2.12. The molecule has 24 heavy (non-hydrogen) atoms.